The van der Waals surface area contributed by atoms with Gasteiger partial charge in [0.15, 0.2) is 0 Å². The smallest absolute Gasteiger partial charge is 0.234 e. The lowest BCUT2D eigenvalue weighted by molar-refractivity contribution is -0.123. The Morgan fingerprint density at radius 1 is 1.23 bits per heavy atom. The van der Waals surface area contributed by atoms with Crippen LogP contribution in [0.4, 0.5) is 11.8 Å². The monoisotopic (exact) mass is 352 g/mol. The number of carbonyl (C=O) groups excluding carboxylic acids is 1. The van der Waals surface area contributed by atoms with Crippen LogP contribution in [0.1, 0.15) is 35.6 Å². The van der Waals surface area contributed by atoms with Crippen molar-refractivity contribution in [2.24, 2.45) is 0 Å². The lowest BCUT2D eigenvalue weighted by Gasteiger charge is -2.35. The van der Waals surface area contributed by atoms with Gasteiger partial charge in [0.2, 0.25) is 11.9 Å². The fourth-order valence-corrected chi connectivity index (χ4v) is 3.79. The molecule has 1 fully saturated rings. The van der Waals surface area contributed by atoms with E-state index in [1.165, 1.54) is 11.1 Å². The lowest BCUT2D eigenvalue weighted by atomic mass is 9.78. The van der Waals surface area contributed by atoms with Gasteiger partial charge in [-0.15, -0.1) is 0 Å². The molecule has 0 spiro atoms. The largest absolute Gasteiger partial charge is 0.373 e. The molecule has 0 bridgehead atoms. The molecule has 1 aromatic heterocycles. The first-order chi connectivity index (χ1) is 12.6. The summed E-state index contributed by atoms with van der Waals surface area (Å²) in [6.07, 6.45) is 1.79. The average molecular weight is 352 g/mol. The zero-order valence-electron chi connectivity index (χ0n) is 14.9. The molecule has 2 heterocycles. The summed E-state index contributed by atoms with van der Waals surface area (Å²) in [5.41, 5.74) is 9.35. The summed E-state index contributed by atoms with van der Waals surface area (Å²) in [7, 11) is 1.81. The molecule has 1 aliphatic heterocycles. The van der Waals surface area contributed by atoms with Crippen LogP contribution in [-0.2, 0) is 17.9 Å². The fraction of sp³-hybridized carbons (Fsp3) is 0.421. The number of aromatic nitrogens is 2. The molecule has 26 heavy (non-hydrogen) atoms. The number of fused-ring (bicyclic) bond motifs is 1. The van der Waals surface area contributed by atoms with Crippen LogP contribution in [0.15, 0.2) is 30.3 Å². The number of nitrogens with two attached hydrogens (primary N) is 1. The van der Waals surface area contributed by atoms with Crippen LogP contribution in [0.3, 0.4) is 0 Å². The van der Waals surface area contributed by atoms with Gasteiger partial charge < -0.3 is 16.4 Å². The van der Waals surface area contributed by atoms with Crippen molar-refractivity contribution < 1.29 is 4.79 Å². The van der Waals surface area contributed by atoms with E-state index in [0.717, 1.165) is 37.4 Å². The first-order valence-electron chi connectivity index (χ1n) is 9.01. The van der Waals surface area contributed by atoms with Crippen molar-refractivity contribution in [1.29, 1.82) is 0 Å². The summed E-state index contributed by atoms with van der Waals surface area (Å²) < 4.78 is 0. The number of rotatable bonds is 5. The van der Waals surface area contributed by atoms with Crippen LogP contribution in [0.2, 0.25) is 0 Å². The molecule has 1 amide bonds. The van der Waals surface area contributed by atoms with Crippen molar-refractivity contribution in [3.8, 4) is 0 Å². The van der Waals surface area contributed by atoms with E-state index >= 15 is 0 Å². The van der Waals surface area contributed by atoms with Crippen LogP contribution in [0, 0.1) is 0 Å². The average Bonchev–Trinajstić information content (AvgIpc) is 2.99. The van der Waals surface area contributed by atoms with Gasteiger partial charge in [-0.25, -0.2) is 4.98 Å². The summed E-state index contributed by atoms with van der Waals surface area (Å²) in [6.45, 7) is 2.15. The van der Waals surface area contributed by atoms with Gasteiger partial charge in [0.25, 0.3) is 0 Å². The summed E-state index contributed by atoms with van der Waals surface area (Å²) in [5, 5.41) is 6.14. The number of benzene rings is 1. The number of amides is 1. The zero-order valence-corrected chi connectivity index (χ0v) is 14.9. The highest BCUT2D eigenvalue weighted by Gasteiger charge is 2.33. The van der Waals surface area contributed by atoms with Gasteiger partial charge in [-0.3, -0.25) is 9.69 Å². The standard InChI is InChI=1S/C19H24N6O/c1-21-17-8-16(23-19(20)24-17)14-6-15(7-14)22-18(26)11-25-9-12-4-2-3-5-13(12)10-25/h2-5,8,14-15H,6-7,9-11H2,1H3,(H,22,26)(H3,20,21,23,24). The SMILES string of the molecule is CNc1cc(C2CC(NC(=O)CN3Cc4ccccc4C3)C2)nc(N)n1. The maximum atomic E-state index is 12.3. The number of anilines is 2. The summed E-state index contributed by atoms with van der Waals surface area (Å²) in [4.78, 5) is 23.0. The van der Waals surface area contributed by atoms with Crippen molar-refractivity contribution >= 4 is 17.7 Å². The Hall–Kier alpha value is -2.67. The van der Waals surface area contributed by atoms with Crippen molar-refractivity contribution in [3.05, 3.63) is 47.2 Å². The molecule has 136 valence electrons. The number of carbonyl (C=O) groups is 1. The number of hydrogen-bond acceptors (Lipinski definition) is 6. The molecule has 0 atom stereocenters. The molecule has 1 aromatic carbocycles. The van der Waals surface area contributed by atoms with Gasteiger partial charge in [-0.1, -0.05) is 24.3 Å². The van der Waals surface area contributed by atoms with E-state index in [-0.39, 0.29) is 17.9 Å². The van der Waals surface area contributed by atoms with E-state index in [4.69, 9.17) is 5.73 Å². The third kappa shape index (κ3) is 3.48. The molecule has 2 aromatic rings. The Bertz CT molecular complexity index is 792. The van der Waals surface area contributed by atoms with Crippen molar-refractivity contribution in [1.82, 2.24) is 20.2 Å². The normalized spacial score (nSPS) is 21.7. The number of nitrogens with zero attached hydrogens (tertiary/aromatic N) is 3. The second-order valence-corrected chi connectivity index (χ2v) is 7.13. The predicted octanol–water partition coefficient (Wildman–Crippen LogP) is 1.48. The Labute approximate surface area is 153 Å². The molecule has 1 aliphatic carbocycles. The van der Waals surface area contributed by atoms with Gasteiger partial charge in [0.05, 0.1) is 12.2 Å². The number of nitrogen functional groups attached to an aromatic ring is 1. The van der Waals surface area contributed by atoms with E-state index in [2.05, 4.69) is 49.8 Å². The molecule has 0 unspecified atom stereocenters. The molecule has 4 N–H and O–H groups in total. The molecule has 4 rings (SSSR count). The maximum Gasteiger partial charge on any atom is 0.234 e. The number of nitrogens with one attached hydrogen (secondary N) is 2. The van der Waals surface area contributed by atoms with Crippen molar-refractivity contribution in [2.75, 3.05) is 24.6 Å². The Morgan fingerprint density at radius 2 is 1.92 bits per heavy atom. The van der Waals surface area contributed by atoms with E-state index in [9.17, 15) is 4.79 Å². The van der Waals surface area contributed by atoms with E-state index < -0.39 is 0 Å². The number of hydrogen-bond donors (Lipinski definition) is 3. The molecule has 0 radical (unpaired) electrons. The fourth-order valence-electron chi connectivity index (χ4n) is 3.79. The summed E-state index contributed by atoms with van der Waals surface area (Å²) in [6, 6.07) is 10.5. The Balaban J connectivity index is 1.26. The summed E-state index contributed by atoms with van der Waals surface area (Å²) >= 11 is 0. The second kappa shape index (κ2) is 6.92. The van der Waals surface area contributed by atoms with Crippen LogP contribution in [-0.4, -0.2) is 40.4 Å². The highest BCUT2D eigenvalue weighted by Crippen LogP contribution is 2.36. The predicted molar refractivity (Wildman–Crippen MR) is 100 cm³/mol. The zero-order chi connectivity index (χ0) is 18.1. The van der Waals surface area contributed by atoms with Gasteiger partial charge in [0.1, 0.15) is 5.82 Å². The molecule has 0 saturated heterocycles. The molecular weight excluding hydrogens is 328 g/mol. The maximum absolute atomic E-state index is 12.3. The van der Waals surface area contributed by atoms with E-state index in [0.29, 0.717) is 12.5 Å². The molecule has 7 heteroatoms. The van der Waals surface area contributed by atoms with E-state index in [1.807, 2.05) is 13.1 Å². The molecule has 1 saturated carbocycles. The Morgan fingerprint density at radius 3 is 2.58 bits per heavy atom. The van der Waals surface area contributed by atoms with Crippen LogP contribution >= 0.6 is 0 Å². The summed E-state index contributed by atoms with van der Waals surface area (Å²) in [5.74, 6) is 1.44. The quantitative estimate of drug-likeness (QED) is 0.754. The topological polar surface area (TPSA) is 96.2 Å². The highest BCUT2D eigenvalue weighted by molar-refractivity contribution is 5.78. The van der Waals surface area contributed by atoms with Crippen molar-refractivity contribution in [3.63, 3.8) is 0 Å². The van der Waals surface area contributed by atoms with Crippen LogP contribution < -0.4 is 16.4 Å². The van der Waals surface area contributed by atoms with Crippen LogP contribution in [0.25, 0.3) is 0 Å². The molecular formula is C19H24N6O. The molecule has 2 aliphatic rings. The minimum atomic E-state index is 0.0966. The first-order valence-corrected chi connectivity index (χ1v) is 9.01. The van der Waals surface area contributed by atoms with Gasteiger partial charge in [0, 0.05) is 38.2 Å². The third-order valence-electron chi connectivity index (χ3n) is 5.21. The minimum absolute atomic E-state index is 0.0966. The van der Waals surface area contributed by atoms with Crippen LogP contribution in [0.5, 0.6) is 0 Å². The molecule has 7 nitrogen and oxygen atoms in total. The van der Waals surface area contributed by atoms with Gasteiger partial charge in [-0.2, -0.15) is 4.98 Å². The minimum Gasteiger partial charge on any atom is -0.373 e. The van der Waals surface area contributed by atoms with Gasteiger partial charge in [-0.05, 0) is 24.0 Å². The first kappa shape index (κ1) is 16.8. The van der Waals surface area contributed by atoms with Gasteiger partial charge >= 0.3 is 0 Å². The third-order valence-corrected chi connectivity index (χ3v) is 5.21. The van der Waals surface area contributed by atoms with Crippen molar-refractivity contribution in [2.45, 2.75) is 37.9 Å². The highest BCUT2D eigenvalue weighted by atomic mass is 16.2. The Kier molecular flexibility index (Phi) is 4.46. The second-order valence-electron chi connectivity index (χ2n) is 7.13. The lowest BCUT2D eigenvalue weighted by Crippen LogP contribution is -2.46. The van der Waals surface area contributed by atoms with E-state index in [1.54, 1.807) is 0 Å².